The Labute approximate surface area is 127 Å². The minimum Gasteiger partial charge on any atom is -0.383 e. The maximum absolute atomic E-state index is 13.7. The topological polar surface area (TPSA) is 72.0 Å². The Morgan fingerprint density at radius 2 is 2.18 bits per heavy atom. The third kappa shape index (κ3) is 2.18. The van der Waals surface area contributed by atoms with Gasteiger partial charge in [0.2, 0.25) is 0 Å². The smallest absolute Gasteiger partial charge is 0.151 e. The van der Waals surface area contributed by atoms with Crippen LogP contribution < -0.4 is 5.73 Å². The number of fused-ring (bicyclic) bond motifs is 1. The number of aliphatic imine (C=N–C) groups is 1. The first-order valence-corrected chi connectivity index (χ1v) is 6.77. The third-order valence-corrected chi connectivity index (χ3v) is 3.74. The number of hydrogen-bond acceptors (Lipinski definition) is 2. The van der Waals surface area contributed by atoms with Crippen molar-refractivity contribution in [2.24, 2.45) is 17.8 Å². The Morgan fingerprint density at radius 3 is 2.86 bits per heavy atom. The maximum Gasteiger partial charge on any atom is 0.151 e. The number of rotatable bonds is 3. The highest BCUT2D eigenvalue weighted by Gasteiger charge is 2.12. The van der Waals surface area contributed by atoms with Crippen molar-refractivity contribution in [1.82, 2.24) is 14.8 Å². The highest BCUT2D eigenvalue weighted by molar-refractivity contribution is 6.02. The number of nitrogens with two attached hydrogens (primary N) is 1. The van der Waals surface area contributed by atoms with Gasteiger partial charge in [0.15, 0.2) is 5.82 Å². The molecule has 0 radical (unpaired) electrons. The van der Waals surface area contributed by atoms with E-state index in [1.54, 1.807) is 12.1 Å². The monoisotopic (exact) mass is 297 g/mol. The van der Waals surface area contributed by atoms with Crippen LogP contribution in [0.5, 0.6) is 0 Å². The first-order valence-electron chi connectivity index (χ1n) is 6.77. The molecule has 6 heteroatoms. The lowest BCUT2D eigenvalue weighted by Gasteiger charge is -2.03. The normalized spacial score (nSPS) is 12.0. The Balaban J connectivity index is 2.01. The van der Waals surface area contributed by atoms with E-state index in [9.17, 15) is 4.39 Å². The van der Waals surface area contributed by atoms with Gasteiger partial charge in [-0.3, -0.25) is 5.10 Å². The Morgan fingerprint density at radius 1 is 1.41 bits per heavy atom. The molecule has 0 bridgehead atoms. The summed E-state index contributed by atoms with van der Waals surface area (Å²) in [7, 11) is 1.94. The molecule has 0 aliphatic heterocycles. The number of H-pyrrole nitrogens is 1. The summed E-state index contributed by atoms with van der Waals surface area (Å²) in [5.74, 6) is -0.0223. The van der Waals surface area contributed by atoms with Gasteiger partial charge in [-0.2, -0.15) is 5.10 Å². The van der Waals surface area contributed by atoms with Crippen LogP contribution in [0.25, 0.3) is 16.6 Å². The van der Waals surface area contributed by atoms with Gasteiger partial charge >= 0.3 is 0 Å². The van der Waals surface area contributed by atoms with E-state index in [-0.39, 0.29) is 11.3 Å². The number of amidine groups is 1. The predicted octanol–water partition coefficient (Wildman–Crippen LogP) is 2.73. The summed E-state index contributed by atoms with van der Waals surface area (Å²) in [6, 6.07) is 6.65. The van der Waals surface area contributed by atoms with Crippen LogP contribution in [-0.2, 0) is 7.05 Å². The molecule has 0 saturated heterocycles. The number of halogens is 1. The largest absolute Gasteiger partial charge is 0.383 e. The van der Waals surface area contributed by atoms with Crippen molar-refractivity contribution in [3.63, 3.8) is 0 Å². The van der Waals surface area contributed by atoms with Crippen LogP contribution in [0.1, 0.15) is 17.0 Å². The van der Waals surface area contributed by atoms with Crippen molar-refractivity contribution in [3.05, 3.63) is 59.8 Å². The lowest BCUT2D eigenvalue weighted by molar-refractivity contribution is 0.636. The van der Waals surface area contributed by atoms with Crippen molar-refractivity contribution in [2.75, 3.05) is 0 Å². The van der Waals surface area contributed by atoms with E-state index >= 15 is 0 Å². The molecule has 5 nitrogen and oxygen atoms in total. The second kappa shape index (κ2) is 5.14. The minimum absolute atomic E-state index is 0.267. The number of hydrogen-bond donors (Lipinski definition) is 2. The van der Waals surface area contributed by atoms with Gasteiger partial charge in [0.1, 0.15) is 11.4 Å². The van der Waals surface area contributed by atoms with Crippen LogP contribution in [0.15, 0.2) is 42.0 Å². The van der Waals surface area contributed by atoms with Crippen molar-refractivity contribution in [2.45, 2.75) is 6.92 Å². The summed E-state index contributed by atoms with van der Waals surface area (Å²) >= 11 is 0. The van der Waals surface area contributed by atoms with Crippen LogP contribution in [0.4, 0.5) is 4.39 Å². The fraction of sp³-hybridized carbons (Fsp3) is 0.125. The zero-order valence-corrected chi connectivity index (χ0v) is 12.4. The zero-order chi connectivity index (χ0) is 15.9. The van der Waals surface area contributed by atoms with E-state index in [2.05, 4.69) is 21.8 Å². The molecule has 2 aromatic heterocycles. The number of aromatic amines is 1. The molecule has 0 atom stereocenters. The number of nitrogens with zero attached hydrogens (tertiary/aromatic N) is 3. The molecule has 0 unspecified atom stereocenters. The summed E-state index contributed by atoms with van der Waals surface area (Å²) < 4.78 is 15.6. The van der Waals surface area contributed by atoms with Crippen LogP contribution in [-0.4, -0.2) is 20.6 Å². The molecule has 2 heterocycles. The SMILES string of the molecule is C=C(N=C(N)c1ccn(C)c1C)c1[nH]nc2c(F)cccc12. The van der Waals surface area contributed by atoms with Crippen molar-refractivity contribution in [1.29, 1.82) is 0 Å². The Hall–Kier alpha value is -2.89. The van der Waals surface area contributed by atoms with Gasteiger partial charge in [-0.1, -0.05) is 18.7 Å². The first-order chi connectivity index (χ1) is 10.5. The predicted molar refractivity (Wildman–Crippen MR) is 86.0 cm³/mol. The Bertz CT molecular complexity index is 901. The zero-order valence-electron chi connectivity index (χ0n) is 12.4. The Kier molecular flexibility index (Phi) is 3.29. The van der Waals surface area contributed by atoms with Gasteiger partial charge in [-0.25, -0.2) is 9.38 Å². The highest BCUT2D eigenvalue weighted by Crippen LogP contribution is 2.24. The fourth-order valence-electron chi connectivity index (χ4n) is 2.36. The minimum atomic E-state index is -0.386. The van der Waals surface area contributed by atoms with Crippen LogP contribution in [0.3, 0.4) is 0 Å². The lowest BCUT2D eigenvalue weighted by Crippen LogP contribution is -2.14. The second-order valence-electron chi connectivity index (χ2n) is 5.10. The molecule has 0 aliphatic rings. The number of benzene rings is 1. The number of nitrogens with one attached hydrogen (secondary N) is 1. The molecule has 0 amide bonds. The molecular weight excluding hydrogens is 281 g/mol. The number of aryl methyl sites for hydroxylation is 1. The van der Waals surface area contributed by atoms with Gasteiger partial charge in [-0.05, 0) is 19.1 Å². The molecule has 112 valence electrons. The van der Waals surface area contributed by atoms with Gasteiger partial charge in [0.05, 0.1) is 11.4 Å². The molecule has 3 N–H and O–H groups in total. The molecule has 3 rings (SSSR count). The van der Waals surface area contributed by atoms with Crippen LogP contribution in [0, 0.1) is 12.7 Å². The molecule has 0 aliphatic carbocycles. The summed E-state index contributed by atoms with van der Waals surface area (Å²) in [6.07, 6.45) is 1.91. The first kappa shape index (κ1) is 14.1. The third-order valence-electron chi connectivity index (χ3n) is 3.74. The summed E-state index contributed by atoms with van der Waals surface area (Å²) in [5.41, 5.74) is 9.15. The molecular formula is C16H16FN5. The van der Waals surface area contributed by atoms with Crippen molar-refractivity contribution < 1.29 is 4.39 Å². The molecule has 3 aromatic rings. The standard InChI is InChI=1S/C16H16FN5/c1-9(19-16(18)11-7-8-22(3)10(11)2)14-12-5-4-6-13(17)15(12)21-20-14/h4-8H,1H2,2-3H3,(H2,18,19)(H,20,21). The van der Waals surface area contributed by atoms with Crippen LogP contribution in [0.2, 0.25) is 0 Å². The quantitative estimate of drug-likeness (QED) is 0.576. The fourth-order valence-corrected chi connectivity index (χ4v) is 2.36. The van der Waals surface area contributed by atoms with Gasteiger partial charge in [0.25, 0.3) is 0 Å². The van der Waals surface area contributed by atoms with Gasteiger partial charge < -0.3 is 10.3 Å². The second-order valence-corrected chi connectivity index (χ2v) is 5.10. The molecule has 0 spiro atoms. The van der Waals surface area contributed by atoms with E-state index in [1.165, 1.54) is 6.07 Å². The van der Waals surface area contributed by atoms with E-state index in [1.807, 2.05) is 30.8 Å². The van der Waals surface area contributed by atoms with E-state index < -0.39 is 0 Å². The maximum atomic E-state index is 13.7. The van der Waals surface area contributed by atoms with Gasteiger partial charge in [-0.15, -0.1) is 0 Å². The molecule has 0 fully saturated rings. The average molecular weight is 297 g/mol. The summed E-state index contributed by atoms with van der Waals surface area (Å²) in [4.78, 5) is 4.34. The van der Waals surface area contributed by atoms with E-state index in [0.717, 1.165) is 11.3 Å². The highest BCUT2D eigenvalue weighted by atomic mass is 19.1. The van der Waals surface area contributed by atoms with Crippen molar-refractivity contribution >= 4 is 22.4 Å². The van der Waals surface area contributed by atoms with Crippen molar-refractivity contribution in [3.8, 4) is 0 Å². The molecule has 1 aromatic carbocycles. The number of aromatic nitrogens is 3. The number of para-hydroxylation sites is 1. The van der Waals surface area contributed by atoms with E-state index in [4.69, 9.17) is 5.73 Å². The van der Waals surface area contributed by atoms with E-state index in [0.29, 0.717) is 22.6 Å². The van der Waals surface area contributed by atoms with Gasteiger partial charge in [0, 0.05) is 29.9 Å². The molecule has 22 heavy (non-hydrogen) atoms. The van der Waals surface area contributed by atoms with Crippen LogP contribution >= 0.6 is 0 Å². The summed E-state index contributed by atoms with van der Waals surface area (Å²) in [5, 5.41) is 7.37. The summed E-state index contributed by atoms with van der Waals surface area (Å²) in [6.45, 7) is 5.87. The average Bonchev–Trinajstić information content (AvgIpc) is 3.05. The lowest BCUT2D eigenvalue weighted by atomic mass is 10.1. The molecule has 0 saturated carbocycles.